The number of hydrogen-bond acceptors (Lipinski definition) is 4. The summed E-state index contributed by atoms with van der Waals surface area (Å²) in [4.78, 5) is 16.7. The van der Waals surface area contributed by atoms with E-state index in [1.165, 1.54) is 16.9 Å². The number of nitrogens with zero attached hydrogens (tertiary/aromatic N) is 1. The molecule has 0 bridgehead atoms. The molecule has 0 aliphatic carbocycles. The number of aromatic nitrogens is 1. The molecule has 5 heteroatoms. The van der Waals surface area contributed by atoms with E-state index in [9.17, 15) is 4.79 Å². The first-order chi connectivity index (χ1) is 10.6. The molecule has 0 spiro atoms. The summed E-state index contributed by atoms with van der Waals surface area (Å²) in [7, 11) is 1.63. The number of aryl methyl sites for hydroxylation is 2. The molecule has 3 rings (SSSR count). The number of ether oxygens (including phenoxy) is 1. The Balaban J connectivity index is 1.85. The smallest absolute Gasteiger partial charge is 0.257 e. The van der Waals surface area contributed by atoms with Crippen molar-refractivity contribution in [3.05, 3.63) is 53.1 Å². The van der Waals surface area contributed by atoms with Crippen LogP contribution in [-0.4, -0.2) is 18.0 Å². The number of anilines is 1. The minimum absolute atomic E-state index is 0.144. The summed E-state index contributed by atoms with van der Waals surface area (Å²) in [6, 6.07) is 11.3. The minimum atomic E-state index is -0.144. The Bertz CT molecular complexity index is 855. The zero-order chi connectivity index (χ0) is 15.7. The van der Waals surface area contributed by atoms with Crippen molar-refractivity contribution in [2.24, 2.45) is 0 Å². The first-order valence-electron chi connectivity index (χ1n) is 6.90. The number of amides is 1. The van der Waals surface area contributed by atoms with Gasteiger partial charge < -0.3 is 4.74 Å². The highest BCUT2D eigenvalue weighted by molar-refractivity contribution is 7.22. The fourth-order valence-electron chi connectivity index (χ4n) is 2.14. The Morgan fingerprint density at radius 2 is 1.95 bits per heavy atom. The fourth-order valence-corrected chi connectivity index (χ4v) is 3.03. The second-order valence-electron chi connectivity index (χ2n) is 5.11. The molecule has 0 atom stereocenters. The van der Waals surface area contributed by atoms with Crippen molar-refractivity contribution in [3.8, 4) is 5.75 Å². The van der Waals surface area contributed by atoms with Gasteiger partial charge >= 0.3 is 0 Å². The number of carbonyl (C=O) groups is 1. The molecule has 1 amide bonds. The summed E-state index contributed by atoms with van der Waals surface area (Å²) in [6.45, 7) is 4.02. The zero-order valence-electron chi connectivity index (χ0n) is 12.6. The predicted octanol–water partition coefficient (Wildman–Crippen LogP) is 4.17. The van der Waals surface area contributed by atoms with Crippen LogP contribution in [0.25, 0.3) is 10.2 Å². The van der Waals surface area contributed by atoms with E-state index in [0.717, 1.165) is 21.5 Å². The summed E-state index contributed by atoms with van der Waals surface area (Å²) in [6.07, 6.45) is 0. The fraction of sp³-hybridized carbons (Fsp3) is 0.176. The predicted molar refractivity (Wildman–Crippen MR) is 90.0 cm³/mol. The van der Waals surface area contributed by atoms with Crippen LogP contribution in [-0.2, 0) is 0 Å². The van der Waals surface area contributed by atoms with Gasteiger partial charge in [-0.2, -0.15) is 0 Å². The Morgan fingerprint density at radius 1 is 1.14 bits per heavy atom. The van der Waals surface area contributed by atoms with Crippen molar-refractivity contribution in [3.63, 3.8) is 0 Å². The zero-order valence-corrected chi connectivity index (χ0v) is 13.5. The molecule has 0 aliphatic rings. The molecule has 0 unspecified atom stereocenters. The Hall–Kier alpha value is -2.40. The molecule has 3 aromatic rings. The van der Waals surface area contributed by atoms with Crippen LogP contribution < -0.4 is 10.1 Å². The van der Waals surface area contributed by atoms with Crippen LogP contribution in [0.2, 0.25) is 0 Å². The van der Waals surface area contributed by atoms with E-state index < -0.39 is 0 Å². The van der Waals surface area contributed by atoms with Gasteiger partial charge in [-0.3, -0.25) is 10.1 Å². The van der Waals surface area contributed by atoms with Gasteiger partial charge in [0.05, 0.1) is 17.3 Å². The van der Waals surface area contributed by atoms with Crippen LogP contribution in [0.15, 0.2) is 36.4 Å². The van der Waals surface area contributed by atoms with Crippen molar-refractivity contribution in [1.82, 2.24) is 4.98 Å². The molecule has 4 nitrogen and oxygen atoms in total. The normalized spacial score (nSPS) is 10.7. The van der Waals surface area contributed by atoms with Crippen LogP contribution in [0.5, 0.6) is 5.75 Å². The lowest BCUT2D eigenvalue weighted by atomic mass is 10.1. The van der Waals surface area contributed by atoms with Crippen molar-refractivity contribution in [1.29, 1.82) is 0 Å². The monoisotopic (exact) mass is 312 g/mol. The molecular formula is C17H16N2O2S. The molecule has 1 aromatic heterocycles. The highest BCUT2D eigenvalue weighted by atomic mass is 32.1. The first-order valence-corrected chi connectivity index (χ1v) is 7.71. The van der Waals surface area contributed by atoms with Crippen molar-refractivity contribution >= 4 is 32.6 Å². The van der Waals surface area contributed by atoms with Crippen molar-refractivity contribution in [2.45, 2.75) is 13.8 Å². The highest BCUT2D eigenvalue weighted by Gasteiger charge is 2.11. The van der Waals surface area contributed by atoms with Gasteiger partial charge in [0.1, 0.15) is 5.75 Å². The molecule has 112 valence electrons. The Morgan fingerprint density at radius 3 is 2.68 bits per heavy atom. The number of fused-ring (bicyclic) bond motifs is 1. The SMILES string of the molecule is COc1ccc2nc(NC(=O)c3ccc(C)c(C)c3)sc2c1. The van der Waals surface area contributed by atoms with E-state index in [4.69, 9.17) is 4.74 Å². The topological polar surface area (TPSA) is 51.2 Å². The Labute approximate surface area is 132 Å². The van der Waals surface area contributed by atoms with Crippen LogP contribution in [0.3, 0.4) is 0 Å². The lowest BCUT2D eigenvalue weighted by Crippen LogP contribution is -2.11. The lowest BCUT2D eigenvalue weighted by molar-refractivity contribution is 0.102. The number of rotatable bonds is 3. The summed E-state index contributed by atoms with van der Waals surface area (Å²) in [5.41, 5.74) is 3.76. The summed E-state index contributed by atoms with van der Waals surface area (Å²) < 4.78 is 6.18. The average molecular weight is 312 g/mol. The van der Waals surface area contributed by atoms with Crippen LogP contribution in [0.4, 0.5) is 5.13 Å². The van der Waals surface area contributed by atoms with Gasteiger partial charge in [0.25, 0.3) is 5.91 Å². The molecule has 0 saturated heterocycles. The van der Waals surface area contributed by atoms with Crippen LogP contribution in [0, 0.1) is 13.8 Å². The summed E-state index contributed by atoms with van der Waals surface area (Å²) in [5.74, 6) is 0.636. The molecule has 0 saturated carbocycles. The van der Waals surface area contributed by atoms with Gasteiger partial charge in [-0.15, -0.1) is 0 Å². The maximum atomic E-state index is 12.3. The van der Waals surface area contributed by atoms with E-state index in [2.05, 4.69) is 10.3 Å². The standard InChI is InChI=1S/C17H16N2O2S/c1-10-4-5-12(8-11(10)2)16(20)19-17-18-14-7-6-13(21-3)9-15(14)22-17/h4-9H,1-3H3,(H,18,19,20). The van der Waals surface area contributed by atoms with Gasteiger partial charge in [-0.05, 0) is 55.3 Å². The Kier molecular flexibility index (Phi) is 3.81. The van der Waals surface area contributed by atoms with Crippen molar-refractivity contribution in [2.75, 3.05) is 12.4 Å². The quantitative estimate of drug-likeness (QED) is 0.789. The lowest BCUT2D eigenvalue weighted by Gasteiger charge is -2.04. The molecule has 1 heterocycles. The molecule has 22 heavy (non-hydrogen) atoms. The number of carbonyl (C=O) groups excluding carboxylic acids is 1. The van der Waals surface area contributed by atoms with Gasteiger partial charge in [0, 0.05) is 5.56 Å². The highest BCUT2D eigenvalue weighted by Crippen LogP contribution is 2.29. The number of benzene rings is 2. The third-order valence-electron chi connectivity index (χ3n) is 3.59. The first kappa shape index (κ1) is 14.5. The second kappa shape index (κ2) is 5.77. The van der Waals surface area contributed by atoms with Gasteiger partial charge in [0.2, 0.25) is 0 Å². The van der Waals surface area contributed by atoms with E-state index in [0.29, 0.717) is 10.7 Å². The van der Waals surface area contributed by atoms with Gasteiger partial charge in [-0.1, -0.05) is 17.4 Å². The molecule has 0 aliphatic heterocycles. The van der Waals surface area contributed by atoms with Crippen LogP contribution in [0.1, 0.15) is 21.5 Å². The number of methoxy groups -OCH3 is 1. The largest absolute Gasteiger partial charge is 0.497 e. The molecule has 0 fully saturated rings. The summed E-state index contributed by atoms with van der Waals surface area (Å²) >= 11 is 1.43. The van der Waals surface area contributed by atoms with Crippen molar-refractivity contribution < 1.29 is 9.53 Å². The van der Waals surface area contributed by atoms with Gasteiger partial charge in [-0.25, -0.2) is 4.98 Å². The second-order valence-corrected chi connectivity index (χ2v) is 6.14. The summed E-state index contributed by atoms with van der Waals surface area (Å²) in [5, 5.41) is 3.45. The molecular weight excluding hydrogens is 296 g/mol. The molecule has 1 N–H and O–H groups in total. The third-order valence-corrected chi connectivity index (χ3v) is 4.52. The molecule has 0 radical (unpaired) electrons. The van der Waals surface area contributed by atoms with E-state index in [1.54, 1.807) is 7.11 Å². The van der Waals surface area contributed by atoms with Gasteiger partial charge in [0.15, 0.2) is 5.13 Å². The van der Waals surface area contributed by atoms with E-state index in [-0.39, 0.29) is 5.91 Å². The number of nitrogens with one attached hydrogen (secondary N) is 1. The van der Waals surface area contributed by atoms with Crippen LogP contribution >= 0.6 is 11.3 Å². The molecule has 2 aromatic carbocycles. The minimum Gasteiger partial charge on any atom is -0.497 e. The maximum Gasteiger partial charge on any atom is 0.257 e. The van der Waals surface area contributed by atoms with E-state index >= 15 is 0 Å². The number of thiazole rings is 1. The maximum absolute atomic E-state index is 12.3. The average Bonchev–Trinajstić information content (AvgIpc) is 2.90. The number of hydrogen-bond donors (Lipinski definition) is 1. The van der Waals surface area contributed by atoms with E-state index in [1.807, 2.05) is 50.2 Å². The third kappa shape index (κ3) is 2.80.